The largest absolute Gasteiger partial charge is 0.329 e. The molecule has 0 aliphatic rings. The Morgan fingerprint density at radius 2 is 2.43 bits per heavy atom. The number of hydrogen-bond acceptors (Lipinski definition) is 3. The zero-order valence-electron chi connectivity index (χ0n) is 8.83. The van der Waals surface area contributed by atoms with Crippen molar-refractivity contribution < 1.29 is 0 Å². The molecule has 0 spiro atoms. The van der Waals surface area contributed by atoms with E-state index in [1.807, 2.05) is 0 Å². The smallest absolute Gasteiger partial charge is 0.0302 e. The molecule has 1 heterocycles. The van der Waals surface area contributed by atoms with Crippen molar-refractivity contribution in [1.29, 1.82) is 0 Å². The van der Waals surface area contributed by atoms with Gasteiger partial charge in [0, 0.05) is 24.0 Å². The fourth-order valence-corrected chi connectivity index (χ4v) is 2.07. The Kier molecular flexibility index (Phi) is 5.83. The number of hydrogen-bond donors (Lipinski definition) is 2. The number of nitrogens with one attached hydrogen (secondary N) is 1. The Morgan fingerprint density at radius 1 is 1.57 bits per heavy atom. The quantitative estimate of drug-likeness (QED) is 0.728. The van der Waals surface area contributed by atoms with Crippen LogP contribution in [0.25, 0.3) is 0 Å². The molecule has 80 valence electrons. The minimum Gasteiger partial charge on any atom is -0.329 e. The molecule has 0 aliphatic carbocycles. The summed E-state index contributed by atoms with van der Waals surface area (Å²) in [4.78, 5) is 1.39. The van der Waals surface area contributed by atoms with Gasteiger partial charge < -0.3 is 11.1 Å². The summed E-state index contributed by atoms with van der Waals surface area (Å²) >= 11 is 1.80. The lowest BCUT2D eigenvalue weighted by molar-refractivity contribution is 0.472. The van der Waals surface area contributed by atoms with Crippen molar-refractivity contribution in [1.82, 2.24) is 5.32 Å². The average Bonchev–Trinajstić information content (AvgIpc) is 2.71. The van der Waals surface area contributed by atoms with Crippen LogP contribution in [-0.2, 0) is 6.54 Å². The van der Waals surface area contributed by atoms with Crippen LogP contribution in [0.3, 0.4) is 0 Å². The van der Waals surface area contributed by atoms with E-state index in [-0.39, 0.29) is 0 Å². The van der Waals surface area contributed by atoms with Crippen molar-refractivity contribution >= 4 is 11.3 Å². The third-order valence-corrected chi connectivity index (χ3v) is 3.21. The highest BCUT2D eigenvalue weighted by atomic mass is 32.1. The van der Waals surface area contributed by atoms with Gasteiger partial charge in [0.2, 0.25) is 0 Å². The SMILES string of the molecule is CCCC[C@H](CN)NCc1cccs1. The van der Waals surface area contributed by atoms with E-state index in [9.17, 15) is 0 Å². The van der Waals surface area contributed by atoms with Gasteiger partial charge in [0.25, 0.3) is 0 Å². The summed E-state index contributed by atoms with van der Waals surface area (Å²) in [6, 6.07) is 4.73. The molecule has 0 amide bonds. The maximum Gasteiger partial charge on any atom is 0.0302 e. The van der Waals surface area contributed by atoms with E-state index in [0.717, 1.165) is 13.1 Å². The third kappa shape index (κ3) is 4.22. The van der Waals surface area contributed by atoms with Gasteiger partial charge in [-0.3, -0.25) is 0 Å². The standard InChI is InChI=1S/C11H20N2S/c1-2-3-5-10(8-12)13-9-11-6-4-7-14-11/h4,6-7,10,13H,2-3,5,8-9,12H2,1H3/t10-/m1/s1. The van der Waals surface area contributed by atoms with Crippen LogP contribution in [0.4, 0.5) is 0 Å². The van der Waals surface area contributed by atoms with Crippen LogP contribution in [0, 0.1) is 0 Å². The van der Waals surface area contributed by atoms with Gasteiger partial charge in [-0.25, -0.2) is 0 Å². The Balaban J connectivity index is 2.20. The van der Waals surface area contributed by atoms with Gasteiger partial charge >= 0.3 is 0 Å². The highest BCUT2D eigenvalue weighted by molar-refractivity contribution is 7.09. The molecule has 1 aromatic heterocycles. The topological polar surface area (TPSA) is 38.0 Å². The van der Waals surface area contributed by atoms with E-state index >= 15 is 0 Å². The van der Waals surface area contributed by atoms with E-state index < -0.39 is 0 Å². The first-order chi connectivity index (χ1) is 6.86. The highest BCUT2D eigenvalue weighted by Gasteiger charge is 2.04. The van der Waals surface area contributed by atoms with Gasteiger partial charge in [-0.1, -0.05) is 25.8 Å². The molecule has 0 unspecified atom stereocenters. The summed E-state index contributed by atoms with van der Waals surface area (Å²) in [5.74, 6) is 0. The summed E-state index contributed by atoms with van der Waals surface area (Å²) in [7, 11) is 0. The molecule has 0 saturated heterocycles. The zero-order chi connectivity index (χ0) is 10.2. The highest BCUT2D eigenvalue weighted by Crippen LogP contribution is 2.08. The summed E-state index contributed by atoms with van der Waals surface area (Å²) in [6.45, 7) is 3.92. The maximum atomic E-state index is 5.69. The molecule has 2 nitrogen and oxygen atoms in total. The second kappa shape index (κ2) is 6.98. The molecular weight excluding hydrogens is 192 g/mol. The van der Waals surface area contributed by atoms with Gasteiger partial charge in [0.1, 0.15) is 0 Å². The summed E-state index contributed by atoms with van der Waals surface area (Å²) in [6.07, 6.45) is 3.70. The lowest BCUT2D eigenvalue weighted by Gasteiger charge is -2.15. The Labute approximate surface area is 90.5 Å². The minimum absolute atomic E-state index is 0.483. The summed E-state index contributed by atoms with van der Waals surface area (Å²) in [5, 5.41) is 5.60. The van der Waals surface area contributed by atoms with Crippen LogP contribution in [0.2, 0.25) is 0 Å². The van der Waals surface area contributed by atoms with Crippen molar-refractivity contribution in [2.24, 2.45) is 5.73 Å². The number of thiophene rings is 1. The molecule has 14 heavy (non-hydrogen) atoms. The lowest BCUT2D eigenvalue weighted by Crippen LogP contribution is -2.35. The lowest BCUT2D eigenvalue weighted by atomic mass is 10.1. The molecule has 0 aromatic carbocycles. The van der Waals surface area contributed by atoms with Gasteiger partial charge in [-0.05, 0) is 17.9 Å². The number of nitrogens with two attached hydrogens (primary N) is 1. The van der Waals surface area contributed by atoms with Crippen LogP contribution in [0.15, 0.2) is 17.5 Å². The molecule has 1 atom stereocenters. The first kappa shape index (κ1) is 11.7. The minimum atomic E-state index is 0.483. The molecule has 3 N–H and O–H groups in total. The second-order valence-corrected chi connectivity index (χ2v) is 4.57. The molecular formula is C11H20N2S. The molecule has 0 saturated carbocycles. The zero-order valence-corrected chi connectivity index (χ0v) is 9.65. The predicted molar refractivity (Wildman–Crippen MR) is 63.5 cm³/mol. The van der Waals surface area contributed by atoms with Gasteiger partial charge in [-0.15, -0.1) is 11.3 Å². The fourth-order valence-electron chi connectivity index (χ4n) is 1.41. The number of unbranched alkanes of at least 4 members (excludes halogenated alkanes) is 1. The molecule has 0 radical (unpaired) electrons. The van der Waals surface area contributed by atoms with Gasteiger partial charge in [0.15, 0.2) is 0 Å². The van der Waals surface area contributed by atoms with Crippen LogP contribution in [0.1, 0.15) is 31.1 Å². The second-order valence-electron chi connectivity index (χ2n) is 3.54. The Morgan fingerprint density at radius 3 is 3.00 bits per heavy atom. The van der Waals surface area contributed by atoms with Gasteiger partial charge in [-0.2, -0.15) is 0 Å². The molecule has 0 aliphatic heterocycles. The molecule has 1 rings (SSSR count). The predicted octanol–water partition coefficient (Wildman–Crippen LogP) is 2.36. The van der Waals surface area contributed by atoms with E-state index in [1.165, 1.54) is 24.1 Å². The molecule has 0 bridgehead atoms. The molecule has 1 aromatic rings. The van der Waals surface area contributed by atoms with E-state index in [0.29, 0.717) is 6.04 Å². The summed E-state index contributed by atoms with van der Waals surface area (Å²) in [5.41, 5.74) is 5.69. The van der Waals surface area contributed by atoms with E-state index in [2.05, 4.69) is 29.8 Å². The van der Waals surface area contributed by atoms with E-state index in [4.69, 9.17) is 5.73 Å². The fraction of sp³-hybridized carbons (Fsp3) is 0.636. The van der Waals surface area contributed by atoms with Crippen molar-refractivity contribution in [3.63, 3.8) is 0 Å². The Hall–Kier alpha value is -0.380. The average molecular weight is 212 g/mol. The van der Waals surface area contributed by atoms with Crippen molar-refractivity contribution in [3.05, 3.63) is 22.4 Å². The van der Waals surface area contributed by atoms with Crippen LogP contribution in [0.5, 0.6) is 0 Å². The first-order valence-corrected chi connectivity index (χ1v) is 6.20. The van der Waals surface area contributed by atoms with Crippen LogP contribution in [-0.4, -0.2) is 12.6 Å². The number of rotatable bonds is 7. The normalized spacial score (nSPS) is 13.0. The molecule has 3 heteroatoms. The third-order valence-electron chi connectivity index (χ3n) is 2.34. The maximum absolute atomic E-state index is 5.69. The summed E-state index contributed by atoms with van der Waals surface area (Å²) < 4.78 is 0. The van der Waals surface area contributed by atoms with Crippen molar-refractivity contribution in [2.75, 3.05) is 6.54 Å². The molecule has 0 fully saturated rings. The monoisotopic (exact) mass is 212 g/mol. The Bertz CT molecular complexity index is 221. The van der Waals surface area contributed by atoms with Crippen molar-refractivity contribution in [3.8, 4) is 0 Å². The van der Waals surface area contributed by atoms with E-state index in [1.54, 1.807) is 11.3 Å². The first-order valence-electron chi connectivity index (χ1n) is 5.32. The van der Waals surface area contributed by atoms with Crippen LogP contribution >= 0.6 is 11.3 Å². The van der Waals surface area contributed by atoms with Gasteiger partial charge in [0.05, 0.1) is 0 Å². The van der Waals surface area contributed by atoms with Crippen LogP contribution < -0.4 is 11.1 Å². The van der Waals surface area contributed by atoms with Crippen molar-refractivity contribution in [2.45, 2.75) is 38.8 Å².